The molecule has 2 bridgehead atoms. The molecule has 93 heavy (non-hydrogen) atoms. The van der Waals surface area contributed by atoms with Crippen molar-refractivity contribution in [2.45, 2.75) is 227 Å². The van der Waals surface area contributed by atoms with Gasteiger partial charge in [0.05, 0.1) is 25.4 Å². The van der Waals surface area contributed by atoms with E-state index in [9.17, 15) is 48.3 Å². The first-order valence-electron chi connectivity index (χ1n) is 33.0. The zero-order valence-electron chi connectivity index (χ0n) is 60.3. The number of nitrogens with one attached hydrogen (secondary N) is 3. The number of hydrogen-bond acceptors (Lipinski definition) is 15. The van der Waals surface area contributed by atoms with E-state index in [1.807, 2.05) is 27.7 Å². The predicted octanol–water partition coefficient (Wildman–Crippen LogP) is 2.56. The highest BCUT2D eigenvalue weighted by Crippen LogP contribution is 2.28. The molecule has 0 spiro atoms. The molecule has 1 unspecified atom stereocenters. The van der Waals surface area contributed by atoms with E-state index in [4.69, 9.17) is 9.47 Å². The number of aliphatic hydroxyl groups excluding tert-OH is 1. The summed E-state index contributed by atoms with van der Waals surface area (Å²) in [5.41, 5.74) is 0. The Morgan fingerprint density at radius 2 is 1.14 bits per heavy atom. The molecule has 0 aliphatic carbocycles. The van der Waals surface area contributed by atoms with E-state index >= 15 is 14.4 Å². The summed E-state index contributed by atoms with van der Waals surface area (Å²) < 4.78 is 11.4. The van der Waals surface area contributed by atoms with Gasteiger partial charge in [-0.05, 0) is 109 Å². The molecular weight excluding hydrogens is 1200 g/mol. The normalized spacial score (nSPS) is 27.1. The van der Waals surface area contributed by atoms with Crippen molar-refractivity contribution >= 4 is 71.1 Å². The van der Waals surface area contributed by atoms with Gasteiger partial charge in [-0.1, -0.05) is 81.4 Å². The minimum absolute atomic E-state index is 0.0306. The molecule has 12 amide bonds. The third kappa shape index (κ3) is 21.8. The fourth-order valence-corrected chi connectivity index (χ4v) is 12.0. The van der Waals surface area contributed by atoms with Crippen LogP contribution < -0.4 is 16.0 Å². The molecule has 27 heteroatoms. The van der Waals surface area contributed by atoms with Gasteiger partial charge in [0.2, 0.25) is 65.0 Å². The Hall–Kier alpha value is -6.90. The SMILES string of the molecule is C/C=C/C[C@@H](C)[C@@H](O)[C@H]1C(=O)N[C@@H](CC)C(=O)N(C)CC(=O)N(C)[C@@H]([C@@H](C)OCCCCOC(=O)N(C)C)C(=O)N[C@@H](C(C)C)C(=O)N(C)[C@@H](CC(C)C)C(=O)N[C@@H](C)C(=O)N2C(C)C[C@@H](C(=O)N(C)[C@@H](C(C)C)C(=O)N1C)N(C)C(=O)[C@H](CC(C)C)N(C)C(=O)[C@H]2C. The van der Waals surface area contributed by atoms with E-state index in [2.05, 4.69) is 16.0 Å². The van der Waals surface area contributed by atoms with Crippen LogP contribution >= 0.6 is 0 Å². The summed E-state index contributed by atoms with van der Waals surface area (Å²) in [5.74, 6) is -10.4. The molecule has 0 saturated carbocycles. The molecule has 27 nitrogen and oxygen atoms in total. The molecule has 2 saturated heterocycles. The standard InChI is InChI=1S/C66H116N12O15/c1-25-27-30-41(11)55(80)54-58(83)68-46(26-2)61(86)71(18)36-50(79)75(22)53(45(15)92-31-28-29-32-93-66(91)70(16)17)57(82)69-51(39(7)8)64(89)72(19)47(33-37(3)4)56(81)67-43(13)59(84)78-42(12)35-49(63(88)76(23)52(40(9)10)65(90)77(54)24)74(21)62(87)48(34-38(5)6)73(20)60(85)44(78)14/h25,27,37-49,51-55,80H,26,28-36H2,1-24H3,(H,67,81)(H,68,83)(H,69,82)/b27-25+/t41-,42?,43+,44-,45-,46+,47+,48+,49+,51+,52+,53+,54+,55-/m1/s1. The Bertz CT molecular complexity index is 2620. The Morgan fingerprint density at radius 3 is 1.67 bits per heavy atom. The molecule has 0 aromatic heterocycles. The topological polar surface area (TPSA) is 309 Å². The first-order chi connectivity index (χ1) is 43.1. The van der Waals surface area contributed by atoms with Gasteiger partial charge in [-0.2, -0.15) is 0 Å². The van der Waals surface area contributed by atoms with Crippen molar-refractivity contribution in [1.29, 1.82) is 0 Å². The molecule has 530 valence electrons. The molecule has 4 N–H and O–H groups in total. The van der Waals surface area contributed by atoms with Crippen molar-refractivity contribution in [1.82, 2.24) is 60.0 Å². The van der Waals surface area contributed by atoms with E-state index in [1.54, 1.807) is 88.6 Å². The van der Waals surface area contributed by atoms with Gasteiger partial charge in [0.15, 0.2) is 0 Å². The van der Waals surface area contributed by atoms with Crippen molar-refractivity contribution in [3.05, 3.63) is 12.2 Å². The number of likely N-dealkylation sites (N-methyl/N-ethyl adjacent to an activating group) is 7. The first-order valence-corrected chi connectivity index (χ1v) is 33.0. The smallest absolute Gasteiger partial charge is 0.409 e. The van der Waals surface area contributed by atoms with E-state index < -0.39 is 174 Å². The summed E-state index contributed by atoms with van der Waals surface area (Å²) in [6, 6.07) is -14.6. The molecule has 2 heterocycles. The second-order valence-electron chi connectivity index (χ2n) is 27.3. The number of hydrogen-bond donors (Lipinski definition) is 4. The second kappa shape index (κ2) is 37.3. The summed E-state index contributed by atoms with van der Waals surface area (Å²) in [6.07, 6.45) is 1.37. The average molecular weight is 1320 g/mol. The van der Waals surface area contributed by atoms with Crippen molar-refractivity contribution in [3.63, 3.8) is 0 Å². The summed E-state index contributed by atoms with van der Waals surface area (Å²) >= 11 is 0. The number of carbonyl (C=O) groups excluding carboxylic acids is 12. The van der Waals surface area contributed by atoms with Crippen LogP contribution in [0.4, 0.5) is 4.79 Å². The lowest BCUT2D eigenvalue weighted by molar-refractivity contribution is -0.161. The van der Waals surface area contributed by atoms with Crippen molar-refractivity contribution in [3.8, 4) is 0 Å². The third-order valence-electron chi connectivity index (χ3n) is 17.9. The minimum atomic E-state index is -1.68. The van der Waals surface area contributed by atoms with Gasteiger partial charge >= 0.3 is 6.09 Å². The number of ether oxygens (including phenoxy) is 2. The number of aliphatic hydroxyl groups is 1. The zero-order valence-corrected chi connectivity index (χ0v) is 60.3. The molecule has 2 aliphatic heterocycles. The largest absolute Gasteiger partial charge is 0.449 e. The van der Waals surface area contributed by atoms with Crippen LogP contribution in [0.5, 0.6) is 0 Å². The van der Waals surface area contributed by atoms with E-state index in [0.717, 1.165) is 14.7 Å². The van der Waals surface area contributed by atoms with Crippen LogP contribution in [-0.4, -0.2) is 282 Å². The van der Waals surface area contributed by atoms with Crippen LogP contribution in [0, 0.1) is 29.6 Å². The van der Waals surface area contributed by atoms with Crippen LogP contribution in [0.15, 0.2) is 12.2 Å². The number of amides is 12. The maximum atomic E-state index is 15.6. The molecule has 0 radical (unpaired) electrons. The fraction of sp³-hybridized carbons (Fsp3) is 0.788. The molecule has 2 fully saturated rings. The highest BCUT2D eigenvalue weighted by atomic mass is 16.6. The predicted molar refractivity (Wildman–Crippen MR) is 352 cm³/mol. The first kappa shape index (κ1) is 82.2. The lowest BCUT2D eigenvalue weighted by atomic mass is 9.91. The molecule has 0 aromatic rings. The second-order valence-corrected chi connectivity index (χ2v) is 27.3. The van der Waals surface area contributed by atoms with Crippen LogP contribution in [0.2, 0.25) is 0 Å². The third-order valence-corrected chi connectivity index (χ3v) is 17.9. The Labute approximate surface area is 553 Å². The maximum absolute atomic E-state index is 15.6. The van der Waals surface area contributed by atoms with Crippen molar-refractivity contribution in [2.75, 3.05) is 83.2 Å². The van der Waals surface area contributed by atoms with Gasteiger partial charge < -0.3 is 74.6 Å². The van der Waals surface area contributed by atoms with Crippen LogP contribution in [-0.2, 0) is 62.2 Å². The lowest BCUT2D eigenvalue weighted by Gasteiger charge is -2.45. The quantitative estimate of drug-likeness (QED) is 0.113. The summed E-state index contributed by atoms with van der Waals surface area (Å²) in [6.45, 7) is 24.9. The van der Waals surface area contributed by atoms with Gasteiger partial charge in [-0.15, -0.1) is 0 Å². The summed E-state index contributed by atoms with van der Waals surface area (Å²) in [5, 5.41) is 20.6. The van der Waals surface area contributed by atoms with E-state index in [-0.39, 0.29) is 57.2 Å². The number of allylic oxidation sites excluding steroid dienone is 2. The van der Waals surface area contributed by atoms with E-state index in [1.165, 1.54) is 92.6 Å². The Balaban J connectivity index is 3.13. The highest BCUT2D eigenvalue weighted by molar-refractivity contribution is 6.00. The van der Waals surface area contributed by atoms with Gasteiger partial charge in [0, 0.05) is 76.1 Å². The number of rotatable bonds is 18. The molecule has 2 aliphatic rings. The summed E-state index contributed by atoms with van der Waals surface area (Å²) in [4.78, 5) is 187. The van der Waals surface area contributed by atoms with Crippen LogP contribution in [0.1, 0.15) is 149 Å². The van der Waals surface area contributed by atoms with Gasteiger partial charge in [0.25, 0.3) is 0 Å². The van der Waals surface area contributed by atoms with Crippen LogP contribution in [0.3, 0.4) is 0 Å². The molecular formula is C66H116N12O15. The molecule has 0 aromatic carbocycles. The zero-order chi connectivity index (χ0) is 71.5. The lowest BCUT2D eigenvalue weighted by Crippen LogP contribution is -2.65. The number of unbranched alkanes of at least 4 members (excludes halogenated alkanes) is 1. The fourth-order valence-electron chi connectivity index (χ4n) is 12.0. The van der Waals surface area contributed by atoms with Crippen molar-refractivity contribution in [2.24, 2.45) is 29.6 Å². The molecule has 14 atom stereocenters. The number of nitrogens with zero attached hydrogens (tertiary/aromatic N) is 9. The number of fused-ring (bicyclic) bond motifs is 3. The maximum Gasteiger partial charge on any atom is 0.409 e. The Kier molecular flexibility index (Phi) is 32.9. The van der Waals surface area contributed by atoms with E-state index in [0.29, 0.717) is 12.8 Å². The number of carbonyl (C=O) groups is 12. The van der Waals surface area contributed by atoms with Crippen molar-refractivity contribution < 1.29 is 72.1 Å². The summed E-state index contributed by atoms with van der Waals surface area (Å²) in [7, 11) is 12.8. The van der Waals surface area contributed by atoms with Gasteiger partial charge in [-0.25, -0.2) is 4.79 Å². The van der Waals surface area contributed by atoms with Gasteiger partial charge in [-0.3, -0.25) is 52.7 Å². The average Bonchev–Trinajstić information content (AvgIpc) is 0.803. The Morgan fingerprint density at radius 1 is 0.602 bits per heavy atom. The van der Waals surface area contributed by atoms with Gasteiger partial charge in [0.1, 0.15) is 60.4 Å². The highest BCUT2D eigenvalue weighted by Gasteiger charge is 2.48. The van der Waals surface area contributed by atoms with Crippen LogP contribution in [0.25, 0.3) is 0 Å². The minimum Gasteiger partial charge on any atom is -0.449 e. The monoisotopic (exact) mass is 1320 g/mol. The molecule has 2 rings (SSSR count).